The van der Waals surface area contributed by atoms with Crippen molar-refractivity contribution >= 4 is 10.1 Å². The Kier molecular flexibility index (Phi) is 3.38. The first kappa shape index (κ1) is 14.8. The lowest BCUT2D eigenvalue weighted by atomic mass is 10.1. The fourth-order valence-electron chi connectivity index (χ4n) is 1.15. The van der Waals surface area contributed by atoms with E-state index in [4.69, 9.17) is 4.55 Å². The first-order valence-corrected chi connectivity index (χ1v) is 5.53. The van der Waals surface area contributed by atoms with Crippen molar-refractivity contribution in [2.45, 2.75) is 17.2 Å². The third-order valence-corrected chi connectivity index (χ3v) is 2.79. The number of halogens is 6. The lowest BCUT2D eigenvalue weighted by molar-refractivity contribution is -0.143. The van der Waals surface area contributed by atoms with Gasteiger partial charge in [-0.2, -0.15) is 34.8 Å². The maximum Gasteiger partial charge on any atom is 0.417 e. The van der Waals surface area contributed by atoms with Gasteiger partial charge in [-0.05, 0) is 18.2 Å². The molecule has 1 rings (SSSR count). The van der Waals surface area contributed by atoms with Gasteiger partial charge in [-0.25, -0.2) is 0 Å². The molecule has 0 aliphatic rings. The van der Waals surface area contributed by atoms with Crippen LogP contribution in [0.4, 0.5) is 26.3 Å². The molecule has 0 radical (unpaired) electrons. The smallest absolute Gasteiger partial charge is 0.282 e. The summed E-state index contributed by atoms with van der Waals surface area (Å²) in [6.07, 6.45) is -10.2. The summed E-state index contributed by atoms with van der Waals surface area (Å²) in [5, 5.41) is 0. The predicted octanol–water partition coefficient (Wildman–Crippen LogP) is 2.97. The van der Waals surface area contributed by atoms with Gasteiger partial charge in [0.05, 0.1) is 11.1 Å². The highest BCUT2D eigenvalue weighted by Gasteiger charge is 2.39. The van der Waals surface area contributed by atoms with E-state index in [2.05, 4.69) is 0 Å². The van der Waals surface area contributed by atoms with Crippen LogP contribution < -0.4 is 0 Å². The second-order valence-electron chi connectivity index (χ2n) is 3.18. The van der Waals surface area contributed by atoms with E-state index in [1.165, 1.54) is 0 Å². The minimum atomic E-state index is -5.42. The highest BCUT2D eigenvalue weighted by molar-refractivity contribution is 7.85. The molecule has 0 aromatic heterocycles. The second kappa shape index (κ2) is 4.12. The van der Waals surface area contributed by atoms with Gasteiger partial charge in [0.1, 0.15) is 4.90 Å². The minimum Gasteiger partial charge on any atom is -0.282 e. The van der Waals surface area contributed by atoms with E-state index in [1.54, 1.807) is 0 Å². The molecule has 0 spiro atoms. The molecule has 0 aliphatic heterocycles. The molecule has 3 nitrogen and oxygen atoms in total. The normalized spacial score (nSPS) is 13.7. The zero-order chi connectivity index (χ0) is 14.4. The highest BCUT2D eigenvalue weighted by atomic mass is 32.2. The maximum absolute atomic E-state index is 12.4. The van der Waals surface area contributed by atoms with Gasteiger partial charge in [-0.1, -0.05) is 0 Å². The molecule has 1 aromatic rings. The van der Waals surface area contributed by atoms with E-state index in [0.29, 0.717) is 0 Å². The molecule has 0 unspecified atom stereocenters. The first-order valence-electron chi connectivity index (χ1n) is 4.09. The molecule has 0 bridgehead atoms. The predicted molar refractivity (Wildman–Crippen MR) is 46.3 cm³/mol. The summed E-state index contributed by atoms with van der Waals surface area (Å²) < 4.78 is 104. The zero-order valence-electron chi connectivity index (χ0n) is 8.17. The van der Waals surface area contributed by atoms with Crippen LogP contribution in [0, 0.1) is 0 Å². The van der Waals surface area contributed by atoms with Crippen LogP contribution in [0.2, 0.25) is 0 Å². The molecule has 18 heavy (non-hydrogen) atoms. The van der Waals surface area contributed by atoms with Crippen LogP contribution in [-0.2, 0) is 22.5 Å². The van der Waals surface area contributed by atoms with Gasteiger partial charge in [-0.3, -0.25) is 4.55 Å². The Labute approximate surface area is 96.8 Å². The summed E-state index contributed by atoms with van der Waals surface area (Å²) >= 11 is 0. The summed E-state index contributed by atoms with van der Waals surface area (Å²) in [5.74, 6) is 0. The minimum absolute atomic E-state index is 0.0497. The number of hydrogen-bond donors (Lipinski definition) is 1. The van der Waals surface area contributed by atoms with E-state index in [1.807, 2.05) is 0 Å². The lowest BCUT2D eigenvalue weighted by Crippen LogP contribution is -2.15. The van der Waals surface area contributed by atoms with Gasteiger partial charge >= 0.3 is 12.4 Å². The molecule has 0 heterocycles. The number of hydrogen-bond acceptors (Lipinski definition) is 2. The number of alkyl halides is 6. The Balaban J connectivity index is 3.61. The van der Waals surface area contributed by atoms with Crippen LogP contribution in [-0.4, -0.2) is 13.0 Å². The van der Waals surface area contributed by atoms with Gasteiger partial charge < -0.3 is 0 Å². The van der Waals surface area contributed by atoms with Crippen molar-refractivity contribution in [3.8, 4) is 0 Å². The van der Waals surface area contributed by atoms with E-state index in [0.717, 1.165) is 0 Å². The summed E-state index contributed by atoms with van der Waals surface area (Å²) in [6, 6.07) is -0.235. The topological polar surface area (TPSA) is 54.4 Å². The average molecular weight is 294 g/mol. The van der Waals surface area contributed by atoms with E-state index >= 15 is 0 Å². The fraction of sp³-hybridized carbons (Fsp3) is 0.250. The Hall–Kier alpha value is -1.29. The van der Waals surface area contributed by atoms with Crippen molar-refractivity contribution in [3.05, 3.63) is 29.3 Å². The number of benzene rings is 1. The Morgan fingerprint density at radius 1 is 0.944 bits per heavy atom. The Morgan fingerprint density at radius 3 is 1.78 bits per heavy atom. The molecule has 0 amide bonds. The standard InChI is InChI=1S/C8H4F6O3S/c9-7(10,11)4-1-2-5(8(12,13)14)6(3-4)18(15,16)17/h1-3H,(H,15,16,17). The quantitative estimate of drug-likeness (QED) is 0.640. The summed E-state index contributed by atoms with van der Waals surface area (Å²) in [5.41, 5.74) is -3.47. The molecule has 10 heteroatoms. The van der Waals surface area contributed by atoms with Crippen molar-refractivity contribution < 1.29 is 39.3 Å². The first-order chi connectivity index (χ1) is 7.83. The van der Waals surface area contributed by atoms with Crippen LogP contribution in [0.3, 0.4) is 0 Å². The highest BCUT2D eigenvalue weighted by Crippen LogP contribution is 2.38. The molecule has 0 atom stereocenters. The van der Waals surface area contributed by atoms with Crippen LogP contribution in [0.15, 0.2) is 23.1 Å². The van der Waals surface area contributed by atoms with Gasteiger partial charge in [0.2, 0.25) is 0 Å². The van der Waals surface area contributed by atoms with Crippen molar-refractivity contribution in [1.82, 2.24) is 0 Å². The third kappa shape index (κ3) is 3.13. The van der Waals surface area contributed by atoms with Crippen LogP contribution in [0.5, 0.6) is 0 Å². The molecule has 0 saturated heterocycles. The van der Waals surface area contributed by atoms with E-state index < -0.39 is 38.5 Å². The van der Waals surface area contributed by atoms with Gasteiger partial charge in [0.15, 0.2) is 0 Å². The Morgan fingerprint density at radius 2 is 1.44 bits per heavy atom. The molecule has 102 valence electrons. The summed E-state index contributed by atoms with van der Waals surface area (Å²) in [4.78, 5) is -1.83. The molecule has 0 saturated carbocycles. The van der Waals surface area contributed by atoms with Gasteiger partial charge in [-0.15, -0.1) is 0 Å². The van der Waals surface area contributed by atoms with E-state index in [9.17, 15) is 34.8 Å². The lowest BCUT2D eigenvalue weighted by Gasteiger charge is -2.13. The van der Waals surface area contributed by atoms with Crippen molar-refractivity contribution in [1.29, 1.82) is 0 Å². The number of rotatable bonds is 1. The molecule has 0 fully saturated rings. The molecule has 1 N–H and O–H groups in total. The van der Waals surface area contributed by atoms with Gasteiger partial charge in [0, 0.05) is 0 Å². The monoisotopic (exact) mass is 294 g/mol. The van der Waals surface area contributed by atoms with Crippen LogP contribution in [0.1, 0.15) is 11.1 Å². The third-order valence-electron chi connectivity index (χ3n) is 1.89. The fourth-order valence-corrected chi connectivity index (χ4v) is 1.88. The summed E-state index contributed by atoms with van der Waals surface area (Å²) in [6.45, 7) is 0. The largest absolute Gasteiger partial charge is 0.417 e. The van der Waals surface area contributed by atoms with Crippen LogP contribution in [0.25, 0.3) is 0 Å². The Bertz CT molecular complexity index is 557. The van der Waals surface area contributed by atoms with Crippen molar-refractivity contribution in [2.75, 3.05) is 0 Å². The van der Waals surface area contributed by atoms with E-state index in [-0.39, 0.29) is 18.2 Å². The van der Waals surface area contributed by atoms with Crippen LogP contribution >= 0.6 is 0 Å². The van der Waals surface area contributed by atoms with Crippen molar-refractivity contribution in [3.63, 3.8) is 0 Å². The second-order valence-corrected chi connectivity index (χ2v) is 4.57. The van der Waals surface area contributed by atoms with Crippen molar-refractivity contribution in [2.24, 2.45) is 0 Å². The molecular weight excluding hydrogens is 290 g/mol. The summed E-state index contributed by atoms with van der Waals surface area (Å²) in [7, 11) is -5.42. The molecular formula is C8H4F6O3S. The molecule has 1 aromatic carbocycles. The maximum atomic E-state index is 12.4. The SMILES string of the molecule is O=S(=O)(O)c1cc(C(F)(F)F)ccc1C(F)(F)F. The molecule has 0 aliphatic carbocycles. The zero-order valence-corrected chi connectivity index (χ0v) is 8.99. The average Bonchev–Trinajstić information content (AvgIpc) is 2.12. The van der Waals surface area contributed by atoms with Gasteiger partial charge in [0.25, 0.3) is 10.1 Å².